The zero-order valence-corrected chi connectivity index (χ0v) is 13.3. The van der Waals surface area contributed by atoms with Crippen LogP contribution in [0.15, 0.2) is 41.1 Å². The summed E-state index contributed by atoms with van der Waals surface area (Å²) in [6.07, 6.45) is 3.44. The Morgan fingerprint density at radius 3 is 2.90 bits per heavy atom. The van der Waals surface area contributed by atoms with Crippen LogP contribution in [0.4, 0.5) is 11.4 Å². The van der Waals surface area contributed by atoms with Crippen LogP contribution in [0.25, 0.3) is 0 Å². The molecule has 0 aliphatic heterocycles. The van der Waals surface area contributed by atoms with E-state index in [1.165, 1.54) is 0 Å². The molecule has 1 amide bonds. The minimum Gasteiger partial charge on any atom is -0.491 e. The summed E-state index contributed by atoms with van der Waals surface area (Å²) in [7, 11) is 0. The van der Waals surface area contributed by atoms with E-state index >= 15 is 0 Å². The topological polar surface area (TPSA) is 77.2 Å². The summed E-state index contributed by atoms with van der Waals surface area (Å²) in [5, 5.41) is 3.23. The first-order valence-electron chi connectivity index (χ1n) is 6.13. The summed E-state index contributed by atoms with van der Waals surface area (Å²) in [6, 6.07) is 6.69. The first-order valence-corrected chi connectivity index (χ1v) is 7.30. The van der Waals surface area contributed by atoms with Gasteiger partial charge in [-0.3, -0.25) is 9.78 Å². The van der Waals surface area contributed by atoms with Crippen molar-refractivity contribution in [1.29, 1.82) is 0 Å². The highest BCUT2D eigenvalue weighted by Gasteiger charge is 2.06. The number of ether oxygens (including phenoxy) is 1. The van der Waals surface area contributed by atoms with Gasteiger partial charge in [0.05, 0.1) is 30.6 Å². The summed E-state index contributed by atoms with van der Waals surface area (Å²) in [6.45, 7) is 0.247. The Labute approximate surface area is 135 Å². The number of anilines is 2. The number of benzene rings is 1. The lowest BCUT2D eigenvalue weighted by atomic mass is 10.2. The molecule has 0 atom stereocenters. The maximum atomic E-state index is 11.8. The fraction of sp³-hybridized carbons (Fsp3) is 0.143. The zero-order chi connectivity index (χ0) is 15.2. The SMILES string of the molecule is Nc1cc(Cl)ccc1NC(=O)CCOc1cncc(Br)c1. The number of hydrogen-bond donors (Lipinski definition) is 2. The lowest BCUT2D eigenvalue weighted by Crippen LogP contribution is -2.16. The largest absolute Gasteiger partial charge is 0.491 e. The van der Waals surface area contributed by atoms with Crippen LogP contribution in [0.5, 0.6) is 5.75 Å². The van der Waals surface area contributed by atoms with Gasteiger partial charge in [0.25, 0.3) is 0 Å². The van der Waals surface area contributed by atoms with E-state index in [0.717, 1.165) is 4.47 Å². The highest BCUT2D eigenvalue weighted by Crippen LogP contribution is 2.22. The molecule has 5 nitrogen and oxygen atoms in total. The molecule has 1 aromatic heterocycles. The van der Waals surface area contributed by atoms with Crippen molar-refractivity contribution < 1.29 is 9.53 Å². The van der Waals surface area contributed by atoms with E-state index in [0.29, 0.717) is 22.1 Å². The van der Waals surface area contributed by atoms with Crippen molar-refractivity contribution in [3.63, 3.8) is 0 Å². The second kappa shape index (κ2) is 7.28. The number of pyridine rings is 1. The predicted octanol–water partition coefficient (Wildman–Crippen LogP) is 3.49. The Hall–Kier alpha value is -1.79. The number of amides is 1. The Morgan fingerprint density at radius 2 is 2.19 bits per heavy atom. The summed E-state index contributed by atoms with van der Waals surface area (Å²) in [4.78, 5) is 15.8. The van der Waals surface area contributed by atoms with Gasteiger partial charge in [-0.1, -0.05) is 11.6 Å². The first-order chi connectivity index (χ1) is 10.0. The second-order valence-electron chi connectivity index (χ2n) is 4.22. The third-order valence-electron chi connectivity index (χ3n) is 2.57. The fourth-order valence-electron chi connectivity index (χ4n) is 1.59. The lowest BCUT2D eigenvalue weighted by molar-refractivity contribution is -0.116. The minimum atomic E-state index is -0.188. The Bertz CT molecular complexity index is 652. The average molecular weight is 371 g/mol. The first kappa shape index (κ1) is 15.6. The third-order valence-corrected chi connectivity index (χ3v) is 3.23. The number of carbonyl (C=O) groups excluding carboxylic acids is 1. The molecule has 1 heterocycles. The Morgan fingerprint density at radius 1 is 1.38 bits per heavy atom. The predicted molar refractivity (Wildman–Crippen MR) is 86.5 cm³/mol. The molecular formula is C14H13BrClN3O2. The van der Waals surface area contributed by atoms with Crippen molar-refractivity contribution in [2.24, 2.45) is 0 Å². The molecule has 110 valence electrons. The van der Waals surface area contributed by atoms with Gasteiger partial charge >= 0.3 is 0 Å². The molecule has 21 heavy (non-hydrogen) atoms. The summed E-state index contributed by atoms with van der Waals surface area (Å²) < 4.78 is 6.26. The number of rotatable bonds is 5. The van der Waals surface area contributed by atoms with Crippen molar-refractivity contribution >= 4 is 44.8 Å². The van der Waals surface area contributed by atoms with Gasteiger partial charge in [0, 0.05) is 15.7 Å². The van der Waals surface area contributed by atoms with E-state index in [9.17, 15) is 4.79 Å². The molecule has 0 spiro atoms. The average Bonchev–Trinajstić information content (AvgIpc) is 2.42. The molecule has 0 aliphatic rings. The van der Waals surface area contributed by atoms with Gasteiger partial charge in [0.2, 0.25) is 5.91 Å². The molecule has 7 heteroatoms. The fourth-order valence-corrected chi connectivity index (χ4v) is 2.12. The minimum absolute atomic E-state index is 0.188. The van der Waals surface area contributed by atoms with Gasteiger partial charge < -0.3 is 15.8 Å². The van der Waals surface area contributed by atoms with Crippen LogP contribution in [0, 0.1) is 0 Å². The van der Waals surface area contributed by atoms with Crippen molar-refractivity contribution in [3.8, 4) is 5.75 Å². The van der Waals surface area contributed by atoms with Crippen LogP contribution in [-0.4, -0.2) is 17.5 Å². The summed E-state index contributed by atoms with van der Waals surface area (Å²) >= 11 is 9.09. The van der Waals surface area contributed by atoms with Crippen molar-refractivity contribution in [3.05, 3.63) is 46.2 Å². The van der Waals surface area contributed by atoms with Crippen LogP contribution >= 0.6 is 27.5 Å². The molecule has 2 aromatic rings. The van der Waals surface area contributed by atoms with Gasteiger partial charge in [0.1, 0.15) is 5.75 Å². The molecule has 0 bridgehead atoms. The second-order valence-corrected chi connectivity index (χ2v) is 5.57. The summed E-state index contributed by atoms with van der Waals surface area (Å²) in [5.41, 5.74) is 6.72. The van der Waals surface area contributed by atoms with Crippen LogP contribution in [0.2, 0.25) is 5.02 Å². The molecule has 1 aromatic carbocycles. The molecule has 0 aliphatic carbocycles. The van der Waals surface area contributed by atoms with E-state index in [2.05, 4.69) is 26.2 Å². The molecule has 2 rings (SSSR count). The van der Waals surface area contributed by atoms with E-state index in [1.807, 2.05) is 0 Å². The molecule has 0 radical (unpaired) electrons. The van der Waals surface area contributed by atoms with Gasteiger partial charge in [-0.25, -0.2) is 0 Å². The molecule has 0 saturated heterocycles. The van der Waals surface area contributed by atoms with Crippen molar-refractivity contribution in [1.82, 2.24) is 4.98 Å². The van der Waals surface area contributed by atoms with Crippen LogP contribution in [0.1, 0.15) is 6.42 Å². The molecule has 0 unspecified atom stereocenters. The monoisotopic (exact) mass is 369 g/mol. The van der Waals surface area contributed by atoms with Crippen LogP contribution < -0.4 is 15.8 Å². The third kappa shape index (κ3) is 4.91. The lowest BCUT2D eigenvalue weighted by Gasteiger charge is -2.09. The number of carbonyl (C=O) groups is 1. The van der Waals surface area contributed by atoms with Crippen LogP contribution in [-0.2, 0) is 4.79 Å². The number of nitrogens with one attached hydrogen (secondary N) is 1. The van der Waals surface area contributed by atoms with Crippen molar-refractivity contribution in [2.45, 2.75) is 6.42 Å². The molecule has 0 fully saturated rings. The van der Waals surface area contributed by atoms with Gasteiger partial charge in [-0.05, 0) is 40.2 Å². The highest BCUT2D eigenvalue weighted by molar-refractivity contribution is 9.10. The van der Waals surface area contributed by atoms with Gasteiger partial charge in [0.15, 0.2) is 0 Å². The summed E-state index contributed by atoms with van der Waals surface area (Å²) in [5.74, 6) is 0.412. The molecular weight excluding hydrogens is 358 g/mol. The molecule has 0 saturated carbocycles. The Kier molecular flexibility index (Phi) is 5.41. The zero-order valence-electron chi connectivity index (χ0n) is 11.0. The number of nitrogens with zero attached hydrogens (tertiary/aromatic N) is 1. The highest BCUT2D eigenvalue weighted by atomic mass is 79.9. The van der Waals surface area contributed by atoms with Crippen LogP contribution in [0.3, 0.4) is 0 Å². The number of aromatic nitrogens is 1. The van der Waals surface area contributed by atoms with E-state index in [-0.39, 0.29) is 18.9 Å². The number of halogens is 2. The quantitative estimate of drug-likeness (QED) is 0.790. The van der Waals surface area contributed by atoms with Gasteiger partial charge in [-0.2, -0.15) is 0 Å². The Balaban J connectivity index is 1.82. The van der Waals surface area contributed by atoms with E-state index in [4.69, 9.17) is 22.1 Å². The van der Waals surface area contributed by atoms with E-state index in [1.54, 1.807) is 36.7 Å². The van der Waals surface area contributed by atoms with E-state index < -0.39 is 0 Å². The van der Waals surface area contributed by atoms with Gasteiger partial charge in [-0.15, -0.1) is 0 Å². The normalized spacial score (nSPS) is 10.2. The maximum Gasteiger partial charge on any atom is 0.227 e. The maximum absolute atomic E-state index is 11.8. The number of hydrogen-bond acceptors (Lipinski definition) is 4. The van der Waals surface area contributed by atoms with Crippen molar-refractivity contribution in [2.75, 3.05) is 17.7 Å². The number of nitrogens with two attached hydrogens (primary N) is 1. The number of nitrogen functional groups attached to an aromatic ring is 1. The standard InChI is InChI=1S/C14H13BrClN3O2/c15-9-5-11(8-18-7-9)21-4-3-14(20)19-13-2-1-10(16)6-12(13)17/h1-2,5-8H,3-4,17H2,(H,19,20). The smallest absolute Gasteiger partial charge is 0.227 e. The molecule has 3 N–H and O–H groups in total.